The molecular weight excluding hydrogens is 252 g/mol. The van der Waals surface area contributed by atoms with Crippen LogP contribution in [-0.4, -0.2) is 41.5 Å². The number of piperazine rings is 1. The van der Waals surface area contributed by atoms with Crippen LogP contribution in [-0.2, 0) is 11.3 Å². The number of amides is 1. The second-order valence-electron chi connectivity index (χ2n) is 5.08. The normalized spacial score (nSPS) is 20.1. The maximum Gasteiger partial charge on any atom is 0.236 e. The van der Waals surface area contributed by atoms with Gasteiger partial charge in [0.1, 0.15) is 6.04 Å². The molecule has 1 fully saturated rings. The van der Waals surface area contributed by atoms with Gasteiger partial charge in [0, 0.05) is 37.8 Å². The maximum absolute atomic E-state index is 11.5. The Kier molecular flexibility index (Phi) is 3.62. The Hall–Kier alpha value is -1.98. The van der Waals surface area contributed by atoms with Crippen molar-refractivity contribution in [2.45, 2.75) is 12.6 Å². The summed E-state index contributed by atoms with van der Waals surface area (Å²) in [6.45, 7) is 3.05. The molecule has 1 aliphatic rings. The van der Waals surface area contributed by atoms with Crippen molar-refractivity contribution >= 4 is 16.8 Å². The lowest BCUT2D eigenvalue weighted by Gasteiger charge is -2.34. The van der Waals surface area contributed by atoms with E-state index in [1.54, 1.807) is 0 Å². The van der Waals surface area contributed by atoms with Gasteiger partial charge in [-0.1, -0.05) is 18.2 Å². The third kappa shape index (κ3) is 2.50. The lowest BCUT2D eigenvalue weighted by molar-refractivity contribution is -0.124. The number of rotatable bonds is 3. The van der Waals surface area contributed by atoms with Crippen LogP contribution < -0.4 is 11.1 Å². The molecule has 5 heteroatoms. The summed E-state index contributed by atoms with van der Waals surface area (Å²) in [5.41, 5.74) is 7.66. The molecule has 0 bridgehead atoms. The second kappa shape index (κ2) is 5.56. The number of fused-ring (bicyclic) bond motifs is 1. The van der Waals surface area contributed by atoms with Gasteiger partial charge in [-0.2, -0.15) is 0 Å². The highest BCUT2D eigenvalue weighted by molar-refractivity contribution is 5.82. The van der Waals surface area contributed by atoms with E-state index in [0.717, 1.165) is 30.5 Å². The Bertz CT molecular complexity index is 623. The summed E-state index contributed by atoms with van der Waals surface area (Å²) >= 11 is 0. The number of carbonyl (C=O) groups excluding carboxylic acids is 1. The van der Waals surface area contributed by atoms with Gasteiger partial charge < -0.3 is 11.1 Å². The van der Waals surface area contributed by atoms with Gasteiger partial charge in [0.05, 0.1) is 5.52 Å². The van der Waals surface area contributed by atoms with E-state index < -0.39 is 0 Å². The molecular formula is C15H18N4O. The molecule has 1 aliphatic heterocycles. The van der Waals surface area contributed by atoms with Gasteiger partial charge >= 0.3 is 0 Å². The summed E-state index contributed by atoms with van der Waals surface area (Å²) in [6.07, 6.45) is 1.82. The smallest absolute Gasteiger partial charge is 0.236 e. The summed E-state index contributed by atoms with van der Waals surface area (Å²) in [7, 11) is 0. The molecule has 104 valence electrons. The van der Waals surface area contributed by atoms with Gasteiger partial charge in [-0.25, -0.2) is 0 Å². The summed E-state index contributed by atoms with van der Waals surface area (Å²) in [5.74, 6) is -0.268. The number of carbonyl (C=O) groups is 1. The zero-order chi connectivity index (χ0) is 13.9. The Morgan fingerprint density at radius 1 is 1.40 bits per heavy atom. The van der Waals surface area contributed by atoms with Crippen LogP contribution >= 0.6 is 0 Å². The zero-order valence-electron chi connectivity index (χ0n) is 11.2. The molecule has 0 saturated carbocycles. The van der Waals surface area contributed by atoms with Crippen LogP contribution in [0.1, 0.15) is 5.56 Å². The Morgan fingerprint density at radius 3 is 3.10 bits per heavy atom. The van der Waals surface area contributed by atoms with Crippen molar-refractivity contribution in [2.75, 3.05) is 19.6 Å². The van der Waals surface area contributed by atoms with E-state index in [2.05, 4.69) is 21.3 Å². The molecule has 1 unspecified atom stereocenters. The topological polar surface area (TPSA) is 71.2 Å². The fraction of sp³-hybridized carbons (Fsp3) is 0.333. The second-order valence-corrected chi connectivity index (χ2v) is 5.08. The Balaban J connectivity index is 1.90. The van der Waals surface area contributed by atoms with Crippen molar-refractivity contribution in [3.8, 4) is 0 Å². The molecule has 3 rings (SSSR count). The van der Waals surface area contributed by atoms with Crippen molar-refractivity contribution in [3.63, 3.8) is 0 Å². The van der Waals surface area contributed by atoms with Crippen LogP contribution in [0, 0.1) is 0 Å². The van der Waals surface area contributed by atoms with Gasteiger partial charge in [-0.05, 0) is 17.7 Å². The quantitative estimate of drug-likeness (QED) is 0.851. The molecule has 0 radical (unpaired) electrons. The number of nitrogens with one attached hydrogen (secondary N) is 1. The van der Waals surface area contributed by atoms with E-state index >= 15 is 0 Å². The number of hydrogen-bond donors (Lipinski definition) is 2. The van der Waals surface area contributed by atoms with Gasteiger partial charge in [0.25, 0.3) is 0 Å². The van der Waals surface area contributed by atoms with E-state index in [1.807, 2.05) is 30.5 Å². The highest BCUT2D eigenvalue weighted by atomic mass is 16.1. The van der Waals surface area contributed by atoms with E-state index in [0.29, 0.717) is 6.54 Å². The molecule has 2 heterocycles. The molecule has 0 spiro atoms. The molecule has 20 heavy (non-hydrogen) atoms. The minimum atomic E-state index is -0.268. The number of para-hydroxylation sites is 1. The number of hydrogen-bond acceptors (Lipinski definition) is 4. The largest absolute Gasteiger partial charge is 0.368 e. The highest BCUT2D eigenvalue weighted by Crippen LogP contribution is 2.19. The first-order chi connectivity index (χ1) is 9.75. The third-order valence-corrected chi connectivity index (χ3v) is 3.80. The number of primary amides is 1. The van der Waals surface area contributed by atoms with Crippen LogP contribution in [0.15, 0.2) is 36.5 Å². The van der Waals surface area contributed by atoms with Crippen molar-refractivity contribution in [1.82, 2.24) is 15.2 Å². The Labute approximate surface area is 117 Å². The van der Waals surface area contributed by atoms with Gasteiger partial charge in [-0.15, -0.1) is 0 Å². The number of aromatic nitrogens is 1. The Morgan fingerprint density at radius 2 is 2.25 bits per heavy atom. The summed E-state index contributed by atoms with van der Waals surface area (Å²) < 4.78 is 0. The van der Waals surface area contributed by atoms with Crippen LogP contribution in [0.3, 0.4) is 0 Å². The fourth-order valence-electron chi connectivity index (χ4n) is 2.73. The summed E-state index contributed by atoms with van der Waals surface area (Å²) in [5, 5.41) is 4.35. The van der Waals surface area contributed by atoms with E-state index in [-0.39, 0.29) is 11.9 Å². The average Bonchev–Trinajstić information content (AvgIpc) is 2.48. The molecule has 1 aromatic carbocycles. The maximum atomic E-state index is 11.5. The van der Waals surface area contributed by atoms with Crippen molar-refractivity contribution in [1.29, 1.82) is 0 Å². The average molecular weight is 270 g/mol. The predicted molar refractivity (Wildman–Crippen MR) is 78.0 cm³/mol. The lowest BCUT2D eigenvalue weighted by atomic mass is 10.1. The molecule has 0 aliphatic carbocycles. The number of benzene rings is 1. The van der Waals surface area contributed by atoms with E-state index in [4.69, 9.17) is 5.73 Å². The van der Waals surface area contributed by atoms with Crippen molar-refractivity contribution in [3.05, 3.63) is 42.1 Å². The lowest BCUT2D eigenvalue weighted by Crippen LogP contribution is -2.56. The summed E-state index contributed by atoms with van der Waals surface area (Å²) in [4.78, 5) is 18.1. The van der Waals surface area contributed by atoms with Gasteiger partial charge in [0.15, 0.2) is 0 Å². The molecule has 1 atom stereocenters. The first-order valence-electron chi connectivity index (χ1n) is 6.82. The van der Waals surface area contributed by atoms with Crippen LogP contribution in [0.5, 0.6) is 0 Å². The van der Waals surface area contributed by atoms with Crippen LogP contribution in [0.2, 0.25) is 0 Å². The molecule has 3 N–H and O–H groups in total. The standard InChI is InChI=1S/C15H18N4O/c16-15(20)14-9-17-7-8-19(14)10-11-5-6-18-13-4-2-1-3-12(11)13/h1-6,14,17H,7-10H2,(H2,16,20). The first kappa shape index (κ1) is 13.0. The SMILES string of the molecule is NC(=O)C1CNCCN1Cc1ccnc2ccccc12. The first-order valence-corrected chi connectivity index (χ1v) is 6.82. The molecule has 1 saturated heterocycles. The number of nitrogens with two attached hydrogens (primary N) is 1. The van der Waals surface area contributed by atoms with E-state index in [9.17, 15) is 4.79 Å². The van der Waals surface area contributed by atoms with Crippen molar-refractivity contribution < 1.29 is 4.79 Å². The van der Waals surface area contributed by atoms with E-state index in [1.165, 1.54) is 5.56 Å². The summed E-state index contributed by atoms with van der Waals surface area (Å²) in [6, 6.07) is 9.84. The molecule has 1 aromatic heterocycles. The van der Waals surface area contributed by atoms with Crippen molar-refractivity contribution in [2.24, 2.45) is 5.73 Å². The minimum Gasteiger partial charge on any atom is -0.368 e. The van der Waals surface area contributed by atoms with Crippen LogP contribution in [0.4, 0.5) is 0 Å². The number of pyridine rings is 1. The molecule has 5 nitrogen and oxygen atoms in total. The highest BCUT2D eigenvalue weighted by Gasteiger charge is 2.26. The zero-order valence-corrected chi connectivity index (χ0v) is 11.2. The minimum absolute atomic E-state index is 0.240. The van der Waals surface area contributed by atoms with Gasteiger partial charge in [0.2, 0.25) is 5.91 Å². The third-order valence-electron chi connectivity index (χ3n) is 3.80. The molecule has 1 amide bonds. The van der Waals surface area contributed by atoms with Crippen LogP contribution in [0.25, 0.3) is 10.9 Å². The fourth-order valence-corrected chi connectivity index (χ4v) is 2.73. The number of nitrogens with zero attached hydrogens (tertiary/aromatic N) is 2. The predicted octanol–water partition coefficient (Wildman–Crippen LogP) is 0.494. The monoisotopic (exact) mass is 270 g/mol. The van der Waals surface area contributed by atoms with Gasteiger partial charge in [-0.3, -0.25) is 14.7 Å². The molecule has 2 aromatic rings.